The van der Waals surface area contributed by atoms with E-state index in [1.165, 1.54) is 23.4 Å². The highest BCUT2D eigenvalue weighted by Crippen LogP contribution is 2.38. The van der Waals surface area contributed by atoms with Crippen molar-refractivity contribution < 1.29 is 14.3 Å². The first-order chi connectivity index (χ1) is 17.4. The molecule has 188 valence electrons. The molecule has 4 rings (SSSR count). The number of rotatable bonds is 8. The first-order valence-electron chi connectivity index (χ1n) is 11.9. The number of hydrogen-bond acceptors (Lipinski definition) is 6. The van der Waals surface area contributed by atoms with Gasteiger partial charge >= 0.3 is 0 Å². The van der Waals surface area contributed by atoms with Crippen LogP contribution < -0.4 is 20.1 Å². The molecule has 0 bridgehead atoms. The highest BCUT2D eigenvalue weighted by Gasteiger charge is 2.22. The van der Waals surface area contributed by atoms with Gasteiger partial charge in [0, 0.05) is 17.8 Å². The number of anilines is 3. The summed E-state index contributed by atoms with van der Waals surface area (Å²) in [6.07, 6.45) is 5.03. The zero-order valence-corrected chi connectivity index (χ0v) is 21.6. The molecule has 1 aliphatic rings. The molecule has 7 nitrogen and oxygen atoms in total. The van der Waals surface area contributed by atoms with Crippen molar-refractivity contribution in [2.45, 2.75) is 25.7 Å². The molecular formula is C28H31ClN4O3. The first-order valence-corrected chi connectivity index (χ1v) is 12.2. The van der Waals surface area contributed by atoms with E-state index in [1.807, 2.05) is 0 Å². The predicted molar refractivity (Wildman–Crippen MR) is 145 cm³/mol. The van der Waals surface area contributed by atoms with Crippen LogP contribution in [0.1, 0.15) is 29.9 Å². The van der Waals surface area contributed by atoms with Crippen LogP contribution in [0.2, 0.25) is 5.02 Å². The number of pyridine rings is 1. The maximum Gasteiger partial charge on any atom is 0.247 e. The van der Waals surface area contributed by atoms with Crippen molar-refractivity contribution >= 4 is 34.7 Å². The van der Waals surface area contributed by atoms with Crippen LogP contribution in [0.5, 0.6) is 17.2 Å². The normalized spacial score (nSPS) is 14.2. The average Bonchev–Trinajstić information content (AvgIpc) is 2.87. The van der Waals surface area contributed by atoms with Gasteiger partial charge < -0.3 is 25.0 Å². The van der Waals surface area contributed by atoms with Gasteiger partial charge in [-0.05, 0) is 87.3 Å². The molecule has 0 atom stereocenters. The second kappa shape index (κ2) is 11.5. The number of carbonyl (C=O) groups is 1. The Labute approximate surface area is 217 Å². The monoisotopic (exact) mass is 506 g/mol. The number of hydrogen-bond donors (Lipinski definition) is 2. The number of nitrogens with zero attached hydrogens (tertiary/aromatic N) is 2. The number of aromatic nitrogens is 1. The fourth-order valence-electron chi connectivity index (χ4n) is 4.39. The number of halogens is 1. The van der Waals surface area contributed by atoms with Crippen LogP contribution in [0.15, 0.2) is 61.3 Å². The third kappa shape index (κ3) is 6.17. The van der Waals surface area contributed by atoms with Crippen LogP contribution in [0.25, 0.3) is 0 Å². The largest absolute Gasteiger partial charge is 0.495 e. The van der Waals surface area contributed by atoms with Gasteiger partial charge in [0.1, 0.15) is 22.3 Å². The zero-order chi connectivity index (χ0) is 25.7. The van der Waals surface area contributed by atoms with Crippen molar-refractivity contribution in [2.75, 3.05) is 37.9 Å². The molecule has 1 aliphatic heterocycles. The van der Waals surface area contributed by atoms with E-state index in [-0.39, 0.29) is 5.91 Å². The van der Waals surface area contributed by atoms with Gasteiger partial charge in [0.2, 0.25) is 5.91 Å². The van der Waals surface area contributed by atoms with E-state index in [2.05, 4.69) is 53.2 Å². The molecule has 0 spiro atoms. The molecule has 2 aromatic carbocycles. The van der Waals surface area contributed by atoms with E-state index >= 15 is 0 Å². The molecule has 0 saturated carbocycles. The van der Waals surface area contributed by atoms with E-state index in [1.54, 1.807) is 37.4 Å². The van der Waals surface area contributed by atoms with Crippen molar-refractivity contribution in [1.82, 2.24) is 9.88 Å². The molecule has 2 heterocycles. The summed E-state index contributed by atoms with van der Waals surface area (Å²) in [5, 5.41) is 6.43. The van der Waals surface area contributed by atoms with Crippen molar-refractivity contribution in [3.8, 4) is 17.2 Å². The van der Waals surface area contributed by atoms with E-state index in [9.17, 15) is 4.79 Å². The third-order valence-electron chi connectivity index (χ3n) is 6.34. The number of amides is 1. The Morgan fingerprint density at radius 1 is 1.19 bits per heavy atom. The number of piperidine rings is 1. The first kappa shape index (κ1) is 25.5. The van der Waals surface area contributed by atoms with Crippen LogP contribution in [0.4, 0.5) is 17.2 Å². The summed E-state index contributed by atoms with van der Waals surface area (Å²) in [4.78, 5) is 18.4. The summed E-state index contributed by atoms with van der Waals surface area (Å²) in [6.45, 7) is 7.81. The Balaban J connectivity index is 1.54. The molecular weight excluding hydrogens is 476 g/mol. The van der Waals surface area contributed by atoms with Gasteiger partial charge in [-0.2, -0.15) is 0 Å². The Bertz CT molecular complexity index is 1260. The number of likely N-dealkylation sites (tertiary alicyclic amines) is 1. The minimum absolute atomic E-state index is 0.299. The highest BCUT2D eigenvalue weighted by atomic mass is 35.5. The molecule has 8 heteroatoms. The number of carbonyl (C=O) groups excluding carboxylic acids is 1. The molecule has 0 unspecified atom stereocenters. The SMILES string of the molecule is C=CC(=O)Nc1cccc(Oc2cc(Nc3cc(C)c(C4CCN(C)CC4)cc3OC)ncc2Cl)c1. The van der Waals surface area contributed by atoms with Crippen molar-refractivity contribution in [1.29, 1.82) is 0 Å². The Morgan fingerprint density at radius 3 is 2.69 bits per heavy atom. The lowest BCUT2D eigenvalue weighted by Crippen LogP contribution is -2.29. The van der Waals surface area contributed by atoms with Crippen LogP contribution >= 0.6 is 11.6 Å². The van der Waals surface area contributed by atoms with Crippen LogP contribution in [-0.2, 0) is 4.79 Å². The van der Waals surface area contributed by atoms with Gasteiger partial charge in [0.25, 0.3) is 0 Å². The lowest BCUT2D eigenvalue weighted by Gasteiger charge is -2.30. The number of ether oxygens (including phenoxy) is 2. The van der Waals surface area contributed by atoms with Crippen molar-refractivity contribution in [3.63, 3.8) is 0 Å². The van der Waals surface area contributed by atoms with Crippen molar-refractivity contribution in [2.24, 2.45) is 0 Å². The molecule has 2 N–H and O–H groups in total. The molecule has 3 aromatic rings. The standard InChI is InChI=1S/C28H31ClN4O3/c1-5-28(34)31-20-7-6-8-21(14-20)36-25-16-27(30-17-23(25)29)32-24-13-18(2)22(15-26(24)35-4)19-9-11-33(3)12-10-19/h5-8,13-17,19H,1,9-12H2,2-4H3,(H,30,32)(H,31,34). The van der Waals surface area contributed by atoms with Crippen LogP contribution in [0.3, 0.4) is 0 Å². The summed E-state index contributed by atoms with van der Waals surface area (Å²) in [5.41, 5.74) is 3.96. The second-order valence-corrected chi connectivity index (χ2v) is 9.34. The van der Waals surface area contributed by atoms with Gasteiger partial charge in [0.15, 0.2) is 5.75 Å². The average molecular weight is 507 g/mol. The van der Waals surface area contributed by atoms with E-state index in [0.29, 0.717) is 33.9 Å². The maximum atomic E-state index is 11.6. The Kier molecular flexibility index (Phi) is 8.13. The topological polar surface area (TPSA) is 75.7 Å². The summed E-state index contributed by atoms with van der Waals surface area (Å²) in [7, 11) is 3.85. The van der Waals surface area contributed by atoms with Gasteiger partial charge in [-0.15, -0.1) is 0 Å². The molecule has 1 saturated heterocycles. The Hall–Kier alpha value is -3.55. The van der Waals surface area contributed by atoms with Gasteiger partial charge in [-0.25, -0.2) is 4.98 Å². The Morgan fingerprint density at radius 2 is 1.97 bits per heavy atom. The lowest BCUT2D eigenvalue weighted by atomic mass is 9.86. The summed E-state index contributed by atoms with van der Waals surface area (Å²) >= 11 is 6.37. The number of aryl methyl sites for hydroxylation is 1. The van der Waals surface area contributed by atoms with Crippen LogP contribution in [-0.4, -0.2) is 43.0 Å². The number of nitrogens with one attached hydrogen (secondary N) is 2. The van der Waals surface area contributed by atoms with Crippen LogP contribution in [0, 0.1) is 6.92 Å². The summed E-state index contributed by atoms with van der Waals surface area (Å²) in [5.74, 6) is 2.51. The molecule has 1 fully saturated rings. The fourth-order valence-corrected chi connectivity index (χ4v) is 4.53. The minimum Gasteiger partial charge on any atom is -0.495 e. The zero-order valence-electron chi connectivity index (χ0n) is 20.8. The van der Waals surface area contributed by atoms with Crippen molar-refractivity contribution in [3.05, 3.63) is 77.5 Å². The lowest BCUT2D eigenvalue weighted by molar-refractivity contribution is -0.111. The molecule has 36 heavy (non-hydrogen) atoms. The maximum absolute atomic E-state index is 11.6. The molecule has 0 radical (unpaired) electrons. The number of benzene rings is 2. The molecule has 0 aliphatic carbocycles. The minimum atomic E-state index is -0.299. The third-order valence-corrected chi connectivity index (χ3v) is 6.63. The van der Waals surface area contributed by atoms with Gasteiger partial charge in [-0.3, -0.25) is 4.79 Å². The highest BCUT2D eigenvalue weighted by molar-refractivity contribution is 6.32. The van der Waals surface area contributed by atoms with E-state index < -0.39 is 0 Å². The van der Waals surface area contributed by atoms with E-state index in [4.69, 9.17) is 21.1 Å². The summed E-state index contributed by atoms with van der Waals surface area (Å²) < 4.78 is 11.7. The van der Waals surface area contributed by atoms with Gasteiger partial charge in [-0.1, -0.05) is 24.2 Å². The second-order valence-electron chi connectivity index (χ2n) is 8.93. The number of methoxy groups -OCH3 is 1. The van der Waals surface area contributed by atoms with Gasteiger partial charge in [0.05, 0.1) is 19.0 Å². The smallest absolute Gasteiger partial charge is 0.247 e. The fraction of sp³-hybridized carbons (Fsp3) is 0.286. The quantitative estimate of drug-likeness (QED) is 0.339. The molecule has 1 aromatic heterocycles. The molecule has 1 amide bonds. The van der Waals surface area contributed by atoms with E-state index in [0.717, 1.165) is 37.4 Å². The summed E-state index contributed by atoms with van der Waals surface area (Å²) in [6, 6.07) is 13.0. The predicted octanol–water partition coefficient (Wildman–Crippen LogP) is 6.52.